The van der Waals surface area contributed by atoms with Gasteiger partial charge in [-0.2, -0.15) is 0 Å². The zero-order valence-corrected chi connectivity index (χ0v) is 46.9. The number of nitrogens with zero attached hydrogens (tertiary/aromatic N) is 4. The molecule has 12 rings (SSSR count). The first kappa shape index (κ1) is 54.7. The van der Waals surface area contributed by atoms with Crippen molar-refractivity contribution in [1.82, 2.24) is 20.4 Å². The second-order valence-electron chi connectivity index (χ2n) is 21.5. The molecule has 84 heavy (non-hydrogen) atoms. The Morgan fingerprint density at radius 2 is 1.17 bits per heavy atom. The number of methoxy groups -OCH3 is 2. The predicted octanol–water partition coefficient (Wildman–Crippen LogP) is 10.2. The van der Waals surface area contributed by atoms with Crippen molar-refractivity contribution in [3.8, 4) is 45.6 Å². The molecule has 0 saturated heterocycles. The molecule has 19 nitrogen and oxygen atoms in total. The SMILES string of the molecule is COc1cc2c(cc1OCCCOc1cc3c(cc1OC)C(=O)N1C=C(c4ccc5c(c4)OCO5)C[C@H]1C=N3)N=C[C@@H]1CC(c3ccc(NC(=O)[C@H](C)NC(=O)[C@@H](NC(=O)OCC4c5ccccc5-c5ccccc54)C(C)C)cc3)=CN1C2=O. The molecular weight excluding hydrogens is 1070 g/mol. The molecule has 0 bridgehead atoms. The Bertz CT molecular complexity index is 3710. The summed E-state index contributed by atoms with van der Waals surface area (Å²) >= 11 is 0. The van der Waals surface area contributed by atoms with Crippen molar-refractivity contribution in [1.29, 1.82) is 0 Å². The van der Waals surface area contributed by atoms with Gasteiger partial charge in [-0.3, -0.25) is 29.2 Å². The van der Waals surface area contributed by atoms with Crippen molar-refractivity contribution in [2.24, 2.45) is 15.9 Å². The van der Waals surface area contributed by atoms with Crippen LogP contribution < -0.4 is 44.4 Å². The zero-order valence-electron chi connectivity index (χ0n) is 46.9. The summed E-state index contributed by atoms with van der Waals surface area (Å²) in [7, 11) is 3.03. The standard InChI is InChI=1S/C65H61N7O12/c1-36(2)60(70-65(77)82-34-51-47-13-8-6-11-45(47)46-12-7-9-14-48(46)51)62(74)68-37(3)61(73)69-42-18-15-38(16-19-42)40-23-43-30-66-52-28-58(55(78-4)26-49(52)63(75)71(43)32-40)80-21-10-22-81-59-29-53-50(27-56(59)79-5)64(76)72-33-41(24-44(72)31-67-53)39-17-20-54-57(25-39)84-35-83-54/h6-9,11-20,25-33,36-37,43-44,51,60H,10,21-24,34-35H2,1-5H3,(H,68,74)(H,69,73)(H,70,77)/t37-,43-,44-,60-/m0/s1. The highest BCUT2D eigenvalue weighted by Crippen LogP contribution is 2.46. The smallest absolute Gasteiger partial charge is 0.407 e. The summed E-state index contributed by atoms with van der Waals surface area (Å²) in [6, 6.07) is 33.3. The number of carbonyl (C=O) groups is 5. The van der Waals surface area contributed by atoms with E-state index in [0.29, 0.717) is 81.9 Å². The molecule has 0 aromatic heterocycles. The van der Waals surface area contributed by atoms with E-state index in [0.717, 1.165) is 44.5 Å². The fourth-order valence-corrected chi connectivity index (χ4v) is 11.4. The largest absolute Gasteiger partial charge is 0.493 e. The number of alkyl carbamates (subject to hydrolysis) is 1. The number of nitrogens with one attached hydrogen (secondary N) is 3. The topological polar surface area (TPSA) is 217 Å². The summed E-state index contributed by atoms with van der Waals surface area (Å²) in [5, 5.41) is 8.32. The Morgan fingerprint density at radius 3 is 1.74 bits per heavy atom. The van der Waals surface area contributed by atoms with Gasteiger partial charge in [0.15, 0.2) is 34.5 Å². The van der Waals surface area contributed by atoms with Crippen molar-refractivity contribution in [3.63, 3.8) is 0 Å². The molecule has 428 valence electrons. The van der Waals surface area contributed by atoms with Gasteiger partial charge in [-0.15, -0.1) is 0 Å². The van der Waals surface area contributed by atoms with Crippen molar-refractivity contribution < 1.29 is 57.1 Å². The lowest BCUT2D eigenvalue weighted by Crippen LogP contribution is -2.53. The number of ether oxygens (including phenoxy) is 7. The average molecular weight is 1130 g/mol. The van der Waals surface area contributed by atoms with E-state index in [4.69, 9.17) is 43.1 Å². The van der Waals surface area contributed by atoms with Crippen LogP contribution in [0.3, 0.4) is 0 Å². The van der Waals surface area contributed by atoms with Gasteiger partial charge in [0, 0.05) is 67.8 Å². The maximum absolute atomic E-state index is 14.2. The molecular formula is C65H61N7O12. The molecule has 4 atom stereocenters. The van der Waals surface area contributed by atoms with E-state index < -0.39 is 30.0 Å². The molecule has 0 spiro atoms. The summed E-state index contributed by atoms with van der Waals surface area (Å²) in [4.78, 5) is 81.0. The predicted molar refractivity (Wildman–Crippen MR) is 315 cm³/mol. The molecule has 5 amide bonds. The third kappa shape index (κ3) is 10.8. The molecule has 5 heterocycles. The van der Waals surface area contributed by atoms with E-state index >= 15 is 0 Å². The summed E-state index contributed by atoms with van der Waals surface area (Å²) < 4.78 is 40.5. The van der Waals surface area contributed by atoms with Crippen molar-refractivity contribution in [3.05, 3.63) is 161 Å². The van der Waals surface area contributed by atoms with Gasteiger partial charge in [0.2, 0.25) is 18.6 Å². The molecule has 6 aromatic carbocycles. The van der Waals surface area contributed by atoms with Crippen LogP contribution in [0.4, 0.5) is 21.9 Å². The van der Waals surface area contributed by atoms with Gasteiger partial charge in [-0.25, -0.2) is 4.79 Å². The molecule has 3 N–H and O–H groups in total. The van der Waals surface area contributed by atoms with E-state index in [2.05, 4.69) is 28.1 Å². The number of rotatable bonds is 18. The second kappa shape index (κ2) is 23.2. The highest BCUT2D eigenvalue weighted by Gasteiger charge is 2.37. The quantitative estimate of drug-likeness (QED) is 0.0685. The van der Waals surface area contributed by atoms with Gasteiger partial charge in [0.05, 0.1) is 62.0 Å². The zero-order chi connectivity index (χ0) is 58.2. The number of aliphatic imine (C=N–C) groups is 2. The maximum Gasteiger partial charge on any atom is 0.407 e. The van der Waals surface area contributed by atoms with Crippen molar-refractivity contribution >= 4 is 70.4 Å². The Hall–Kier alpha value is -9.91. The number of hydrogen-bond donors (Lipinski definition) is 3. The van der Waals surface area contributed by atoms with Gasteiger partial charge in [0.25, 0.3) is 11.8 Å². The number of benzene rings is 6. The Kier molecular flexibility index (Phi) is 15.1. The molecule has 6 aromatic rings. The number of amides is 5. The summed E-state index contributed by atoms with van der Waals surface area (Å²) in [5.74, 6) is 1.12. The maximum atomic E-state index is 14.2. The lowest BCUT2D eigenvalue weighted by molar-refractivity contribution is -0.128. The Balaban J connectivity index is 0.616. The van der Waals surface area contributed by atoms with E-state index in [-0.39, 0.29) is 62.3 Å². The van der Waals surface area contributed by atoms with Crippen molar-refractivity contribution in [2.75, 3.05) is 46.1 Å². The fraction of sp³-hybridized carbons (Fsp3) is 0.277. The summed E-state index contributed by atoms with van der Waals surface area (Å²) in [5.41, 5.74) is 10.2. The van der Waals surface area contributed by atoms with E-state index in [1.54, 1.807) is 79.4 Å². The first-order chi connectivity index (χ1) is 40.8. The number of fused-ring (bicyclic) bond motifs is 8. The lowest BCUT2D eigenvalue weighted by atomic mass is 9.98. The highest BCUT2D eigenvalue weighted by atomic mass is 16.7. The minimum atomic E-state index is -0.957. The van der Waals surface area contributed by atoms with Gasteiger partial charge in [-0.1, -0.05) is 80.6 Å². The molecule has 0 saturated carbocycles. The molecule has 0 unspecified atom stereocenters. The first-order valence-electron chi connectivity index (χ1n) is 27.9. The molecule has 1 aliphatic carbocycles. The normalized spacial score (nSPS) is 17.5. The minimum absolute atomic E-state index is 0.0990. The monoisotopic (exact) mass is 1130 g/mol. The van der Waals surface area contributed by atoms with Gasteiger partial charge >= 0.3 is 6.09 Å². The Labute approximate surface area is 484 Å². The van der Waals surface area contributed by atoms with Gasteiger partial charge in [-0.05, 0) is 93.8 Å². The molecule has 19 heteroatoms. The van der Waals surface area contributed by atoms with Crippen LogP contribution in [0.25, 0.3) is 22.3 Å². The third-order valence-electron chi connectivity index (χ3n) is 15.8. The number of carbonyl (C=O) groups excluding carboxylic acids is 5. The van der Waals surface area contributed by atoms with Gasteiger partial charge < -0.3 is 58.9 Å². The van der Waals surface area contributed by atoms with E-state index in [1.165, 1.54) is 14.2 Å². The van der Waals surface area contributed by atoms with Crippen LogP contribution in [0.1, 0.15) is 88.9 Å². The average Bonchev–Trinajstić information content (AvgIpc) is 2.51. The second-order valence-corrected chi connectivity index (χ2v) is 21.5. The van der Waals surface area contributed by atoms with Gasteiger partial charge in [0.1, 0.15) is 18.7 Å². The third-order valence-corrected chi connectivity index (χ3v) is 15.8. The minimum Gasteiger partial charge on any atom is -0.493 e. The molecule has 6 aliphatic rings. The molecule has 5 aliphatic heterocycles. The van der Waals surface area contributed by atoms with Crippen LogP contribution in [0.15, 0.2) is 138 Å². The lowest BCUT2D eigenvalue weighted by Gasteiger charge is -2.24. The van der Waals surface area contributed by atoms with Crippen LogP contribution in [-0.2, 0) is 14.3 Å². The van der Waals surface area contributed by atoms with Crippen molar-refractivity contribution in [2.45, 2.75) is 70.1 Å². The van der Waals surface area contributed by atoms with Crippen LogP contribution >= 0.6 is 0 Å². The van der Waals surface area contributed by atoms with Crippen LogP contribution in [0.5, 0.6) is 34.5 Å². The summed E-state index contributed by atoms with van der Waals surface area (Å²) in [6.07, 6.45) is 8.06. The number of hydrogen-bond acceptors (Lipinski definition) is 14. The Morgan fingerprint density at radius 1 is 0.619 bits per heavy atom. The number of anilines is 1. The van der Waals surface area contributed by atoms with E-state index in [9.17, 15) is 24.0 Å². The van der Waals surface area contributed by atoms with E-state index in [1.807, 2.05) is 79.1 Å². The first-order valence-corrected chi connectivity index (χ1v) is 27.9. The molecule has 0 radical (unpaired) electrons. The summed E-state index contributed by atoms with van der Waals surface area (Å²) in [6.45, 7) is 5.96. The fourth-order valence-electron chi connectivity index (χ4n) is 11.4. The van der Waals surface area contributed by atoms with Crippen LogP contribution in [0, 0.1) is 5.92 Å². The van der Waals surface area contributed by atoms with Crippen LogP contribution in [-0.4, -0.2) is 117 Å². The highest BCUT2D eigenvalue weighted by molar-refractivity contribution is 6.07. The molecule has 0 fully saturated rings. The van der Waals surface area contributed by atoms with Crippen LogP contribution in [0.2, 0.25) is 0 Å².